The summed E-state index contributed by atoms with van der Waals surface area (Å²) in [6, 6.07) is 8.54. The average Bonchev–Trinajstić information content (AvgIpc) is 2.80. The van der Waals surface area contributed by atoms with Gasteiger partial charge in [0.15, 0.2) is 6.54 Å². The zero-order valence-electron chi connectivity index (χ0n) is 12.9. The number of nitrogens with zero attached hydrogens (tertiary/aromatic N) is 1. The van der Waals surface area contributed by atoms with Gasteiger partial charge in [-0.15, -0.1) is 4.57 Å². The summed E-state index contributed by atoms with van der Waals surface area (Å²) >= 11 is 1.76. The van der Waals surface area contributed by atoms with Gasteiger partial charge in [0.2, 0.25) is 5.52 Å². The highest BCUT2D eigenvalue weighted by Gasteiger charge is 2.21. The Morgan fingerprint density at radius 3 is 2.70 bits per heavy atom. The largest absolute Gasteiger partial charge is 0.433 e. The number of benzene rings is 1. The van der Waals surface area contributed by atoms with Gasteiger partial charge in [0.05, 0.1) is 0 Å². The van der Waals surface area contributed by atoms with Crippen molar-refractivity contribution in [1.29, 1.82) is 0 Å². The molecule has 0 fully saturated rings. The number of thiazole rings is 1. The number of unbranched alkanes of at least 4 members (excludes halogenated alkanes) is 3. The first-order valence-electron chi connectivity index (χ1n) is 7.84. The van der Waals surface area contributed by atoms with Gasteiger partial charge in [-0.25, -0.2) is 0 Å². The van der Waals surface area contributed by atoms with Crippen molar-refractivity contribution >= 4 is 21.6 Å². The molecule has 0 unspecified atom stereocenters. The van der Waals surface area contributed by atoms with E-state index in [0.717, 1.165) is 18.2 Å². The predicted molar refractivity (Wildman–Crippen MR) is 86.5 cm³/mol. The van der Waals surface area contributed by atoms with Crippen LogP contribution < -0.4 is 9.30 Å². The molecular weight excluding hydrogens is 266 g/mol. The Balaban J connectivity index is 2.01. The Morgan fingerprint density at radius 2 is 1.95 bits per heavy atom. The summed E-state index contributed by atoms with van der Waals surface area (Å²) in [6.45, 7) is 7.58. The highest BCUT2D eigenvalue weighted by Crippen LogP contribution is 2.27. The number of aromatic nitrogens is 1. The van der Waals surface area contributed by atoms with Crippen molar-refractivity contribution in [3.05, 3.63) is 24.3 Å². The molecule has 1 aromatic heterocycles. The zero-order valence-corrected chi connectivity index (χ0v) is 13.7. The number of fused-ring (bicyclic) bond motifs is 1. The van der Waals surface area contributed by atoms with Crippen LogP contribution in [0.15, 0.2) is 24.3 Å². The van der Waals surface area contributed by atoms with Crippen LogP contribution in [0, 0.1) is 0 Å². The maximum Gasteiger partial charge on any atom is 0.431 e. The normalized spacial score (nSPS) is 12.8. The number of rotatable bonds is 8. The minimum absolute atomic E-state index is 0.303. The highest BCUT2D eigenvalue weighted by molar-refractivity contribution is 7.19. The minimum atomic E-state index is 0.303. The second-order valence-corrected chi connectivity index (χ2v) is 6.35. The van der Waals surface area contributed by atoms with Crippen molar-refractivity contribution in [1.82, 2.24) is 0 Å². The molecule has 0 amide bonds. The number of para-hydroxylation sites is 1. The van der Waals surface area contributed by atoms with E-state index in [1.54, 1.807) is 11.3 Å². The van der Waals surface area contributed by atoms with E-state index < -0.39 is 0 Å². The van der Waals surface area contributed by atoms with Gasteiger partial charge in [-0.2, -0.15) is 0 Å². The lowest BCUT2D eigenvalue weighted by atomic mass is 10.1. The molecule has 0 aliphatic rings. The Labute approximate surface area is 126 Å². The smallest absolute Gasteiger partial charge is 0.431 e. The third-order valence-electron chi connectivity index (χ3n) is 3.66. The lowest BCUT2D eigenvalue weighted by molar-refractivity contribution is -0.669. The third kappa shape index (κ3) is 3.72. The zero-order chi connectivity index (χ0) is 14.4. The van der Waals surface area contributed by atoms with Crippen LogP contribution in [-0.2, 0) is 6.54 Å². The fourth-order valence-corrected chi connectivity index (χ4v) is 3.66. The topological polar surface area (TPSA) is 13.1 Å². The van der Waals surface area contributed by atoms with Crippen LogP contribution in [0.1, 0.15) is 52.9 Å². The van der Waals surface area contributed by atoms with Crippen molar-refractivity contribution in [2.45, 2.75) is 65.5 Å². The van der Waals surface area contributed by atoms with Gasteiger partial charge in [0.25, 0.3) is 0 Å². The molecule has 1 aromatic carbocycles. The molecule has 3 heteroatoms. The van der Waals surface area contributed by atoms with Crippen LogP contribution >= 0.6 is 11.3 Å². The number of aryl methyl sites for hydroxylation is 1. The van der Waals surface area contributed by atoms with Crippen molar-refractivity contribution in [2.24, 2.45) is 0 Å². The summed E-state index contributed by atoms with van der Waals surface area (Å²) in [4.78, 5) is 0. The minimum Gasteiger partial charge on any atom is -0.433 e. The summed E-state index contributed by atoms with van der Waals surface area (Å²) < 4.78 is 9.77. The fraction of sp³-hybridized carbons (Fsp3) is 0.588. The molecule has 2 nitrogen and oxygen atoms in total. The van der Waals surface area contributed by atoms with Crippen molar-refractivity contribution in [3.63, 3.8) is 0 Å². The van der Waals surface area contributed by atoms with E-state index >= 15 is 0 Å². The predicted octanol–water partition coefficient (Wildman–Crippen LogP) is 4.95. The third-order valence-corrected chi connectivity index (χ3v) is 4.71. The second-order valence-electron chi connectivity index (χ2n) is 5.36. The quantitative estimate of drug-likeness (QED) is 0.496. The summed E-state index contributed by atoms with van der Waals surface area (Å²) in [5.74, 6) is 0. The van der Waals surface area contributed by atoms with E-state index in [0.29, 0.717) is 6.10 Å². The van der Waals surface area contributed by atoms with Gasteiger partial charge in [-0.05, 0) is 44.1 Å². The van der Waals surface area contributed by atoms with Gasteiger partial charge in [-0.1, -0.05) is 38.3 Å². The summed E-state index contributed by atoms with van der Waals surface area (Å²) in [5.41, 5.74) is 1.29. The Kier molecular flexibility index (Phi) is 5.84. The summed E-state index contributed by atoms with van der Waals surface area (Å²) in [6.07, 6.45) is 6.68. The van der Waals surface area contributed by atoms with Crippen molar-refractivity contribution < 1.29 is 9.30 Å². The first kappa shape index (κ1) is 15.3. The van der Waals surface area contributed by atoms with Crippen LogP contribution in [0.3, 0.4) is 0 Å². The lowest BCUT2D eigenvalue weighted by Crippen LogP contribution is -2.34. The van der Waals surface area contributed by atoms with Crippen molar-refractivity contribution in [3.8, 4) is 5.19 Å². The Morgan fingerprint density at radius 1 is 1.15 bits per heavy atom. The maximum atomic E-state index is 6.18. The first-order valence-corrected chi connectivity index (χ1v) is 8.66. The molecular formula is C17H26NOS+. The number of hydrogen-bond donors (Lipinski definition) is 0. The summed E-state index contributed by atoms with van der Waals surface area (Å²) in [5, 5.41) is 1.05. The molecule has 2 rings (SSSR count). The summed E-state index contributed by atoms with van der Waals surface area (Å²) in [7, 11) is 0. The standard InChI is InChI=1S/C17H26NOS/c1-4-6-7-8-11-14(3)19-17-18(5-2)15-12-9-10-13-16(15)20-17/h9-10,12-14H,4-8,11H2,1-3H3/q+1/t14-/m1/s1. The maximum absolute atomic E-state index is 6.18. The van der Waals surface area contributed by atoms with E-state index in [9.17, 15) is 0 Å². The van der Waals surface area contributed by atoms with Crippen LogP contribution in [0.4, 0.5) is 0 Å². The molecule has 0 aliphatic heterocycles. The van der Waals surface area contributed by atoms with Gasteiger partial charge in [0, 0.05) is 6.07 Å². The molecule has 0 spiro atoms. The van der Waals surface area contributed by atoms with Gasteiger partial charge in [0.1, 0.15) is 10.8 Å². The molecule has 0 radical (unpaired) electrons. The molecule has 0 N–H and O–H groups in total. The molecule has 20 heavy (non-hydrogen) atoms. The lowest BCUT2D eigenvalue weighted by Gasteiger charge is -2.10. The van der Waals surface area contributed by atoms with Gasteiger partial charge in [-0.3, -0.25) is 0 Å². The highest BCUT2D eigenvalue weighted by atomic mass is 32.1. The van der Waals surface area contributed by atoms with Crippen LogP contribution in [0.2, 0.25) is 0 Å². The fourth-order valence-electron chi connectivity index (χ4n) is 2.49. The second kappa shape index (κ2) is 7.63. The van der Waals surface area contributed by atoms with Crippen molar-refractivity contribution in [2.75, 3.05) is 0 Å². The molecule has 0 saturated heterocycles. The molecule has 0 aliphatic carbocycles. The molecule has 110 valence electrons. The average molecular weight is 292 g/mol. The number of hydrogen-bond acceptors (Lipinski definition) is 2. The van der Waals surface area contributed by atoms with E-state index in [-0.39, 0.29) is 0 Å². The van der Waals surface area contributed by atoms with Gasteiger partial charge >= 0.3 is 5.19 Å². The van der Waals surface area contributed by atoms with Crippen LogP contribution in [-0.4, -0.2) is 6.10 Å². The van der Waals surface area contributed by atoms with Crippen LogP contribution in [0.25, 0.3) is 10.2 Å². The molecule has 1 heterocycles. The van der Waals surface area contributed by atoms with Crippen LogP contribution in [0.5, 0.6) is 5.19 Å². The Hall–Kier alpha value is -1.09. The molecule has 0 saturated carbocycles. The van der Waals surface area contributed by atoms with E-state index in [2.05, 4.69) is 49.6 Å². The van der Waals surface area contributed by atoms with E-state index in [1.165, 1.54) is 35.9 Å². The molecule has 0 bridgehead atoms. The monoisotopic (exact) mass is 292 g/mol. The first-order chi connectivity index (χ1) is 9.76. The van der Waals surface area contributed by atoms with Gasteiger partial charge < -0.3 is 4.74 Å². The van der Waals surface area contributed by atoms with E-state index in [1.807, 2.05) is 0 Å². The molecule has 2 aromatic rings. The SMILES string of the molecule is CCCCCC[C@@H](C)Oc1sc2ccccc2[n+]1CC. The number of ether oxygens (including phenoxy) is 1. The molecule has 1 atom stereocenters. The van der Waals surface area contributed by atoms with E-state index in [4.69, 9.17) is 4.74 Å². The Bertz CT molecular complexity index is 535.